The van der Waals surface area contributed by atoms with Crippen molar-refractivity contribution < 1.29 is 18.7 Å². The van der Waals surface area contributed by atoms with Crippen molar-refractivity contribution >= 4 is 28.9 Å². The number of anilines is 3. The predicted octanol–water partition coefficient (Wildman–Crippen LogP) is 3.01. The number of carbonyl (C=O) groups is 1. The second-order valence-corrected chi connectivity index (χ2v) is 8.72. The van der Waals surface area contributed by atoms with E-state index in [1.807, 2.05) is 0 Å². The van der Waals surface area contributed by atoms with Gasteiger partial charge in [0.1, 0.15) is 24.0 Å². The first kappa shape index (κ1) is 22.8. The lowest BCUT2D eigenvalue weighted by Gasteiger charge is -2.23. The Balaban J connectivity index is 1.56. The number of aromatic nitrogens is 4. The molecule has 1 fully saturated rings. The van der Waals surface area contributed by atoms with E-state index in [1.165, 1.54) is 20.0 Å². The molecule has 3 aromatic heterocycles. The predicted molar refractivity (Wildman–Crippen MR) is 120 cm³/mol. The maximum absolute atomic E-state index is 14.3. The molecule has 0 aromatic carbocycles. The van der Waals surface area contributed by atoms with Crippen LogP contribution in [0.1, 0.15) is 43.5 Å². The van der Waals surface area contributed by atoms with Gasteiger partial charge in [-0.15, -0.1) is 0 Å². The van der Waals surface area contributed by atoms with E-state index in [0.717, 1.165) is 6.42 Å². The lowest BCUT2D eigenvalue weighted by molar-refractivity contribution is -0.00177. The topological polar surface area (TPSA) is 116 Å². The van der Waals surface area contributed by atoms with E-state index in [1.54, 1.807) is 35.1 Å². The number of alkyl halides is 2. The number of halogens is 2. The summed E-state index contributed by atoms with van der Waals surface area (Å²) in [6.07, 6.45) is 3.89. The van der Waals surface area contributed by atoms with Gasteiger partial charge < -0.3 is 21.1 Å². The Morgan fingerprint density at radius 3 is 2.88 bits per heavy atom. The van der Waals surface area contributed by atoms with Gasteiger partial charge in [-0.25, -0.2) is 23.3 Å². The lowest BCUT2D eigenvalue weighted by atomic mass is 10.0. The van der Waals surface area contributed by atoms with Crippen LogP contribution in [-0.2, 0) is 0 Å². The van der Waals surface area contributed by atoms with E-state index in [0.29, 0.717) is 35.8 Å². The van der Waals surface area contributed by atoms with Crippen LogP contribution >= 0.6 is 0 Å². The number of amides is 1. The number of rotatable bonds is 8. The number of hydrogen-bond donors (Lipinski definition) is 4. The molecule has 9 nitrogen and oxygen atoms in total. The average Bonchev–Trinajstić information content (AvgIpc) is 3.39. The maximum atomic E-state index is 14.3. The first-order valence-electron chi connectivity index (χ1n) is 10.8. The highest BCUT2D eigenvalue weighted by molar-refractivity contribution is 5.99. The van der Waals surface area contributed by atoms with E-state index in [2.05, 4.69) is 31.0 Å². The molecule has 1 aliphatic rings. The van der Waals surface area contributed by atoms with Gasteiger partial charge >= 0.3 is 0 Å². The zero-order valence-electron chi connectivity index (χ0n) is 18.4. The molecular formula is C22H27F2N7O2. The van der Waals surface area contributed by atoms with Crippen molar-refractivity contribution in [3.63, 3.8) is 0 Å². The standard InChI is InChI=1S/C22H27F2N7O2/c1-22(2,33)17(24)12-26-21(32)13-11-25-19(10-16(13)28-15-5-3-4-14(15)23)29-18-7-9-31-20(30-18)6-8-27-31/h6-11,14-15,17,33H,3-5,12H2,1-2H3,(H,26,32)(H2,25,28,29,30). The van der Waals surface area contributed by atoms with Crippen LogP contribution in [0.3, 0.4) is 0 Å². The van der Waals surface area contributed by atoms with Crippen LogP contribution in [0.25, 0.3) is 5.65 Å². The van der Waals surface area contributed by atoms with Gasteiger partial charge in [0, 0.05) is 24.5 Å². The molecule has 0 radical (unpaired) electrons. The summed E-state index contributed by atoms with van der Waals surface area (Å²) in [5, 5.41) is 22.5. The Hall–Kier alpha value is -3.34. The van der Waals surface area contributed by atoms with Crippen molar-refractivity contribution in [2.24, 2.45) is 0 Å². The van der Waals surface area contributed by atoms with Crippen molar-refractivity contribution in [1.82, 2.24) is 24.9 Å². The fourth-order valence-corrected chi connectivity index (χ4v) is 3.64. The quantitative estimate of drug-likeness (QED) is 0.409. The Labute approximate surface area is 189 Å². The molecule has 0 spiro atoms. The highest BCUT2D eigenvalue weighted by Crippen LogP contribution is 2.29. The number of pyridine rings is 1. The number of nitrogens with one attached hydrogen (secondary N) is 3. The monoisotopic (exact) mass is 459 g/mol. The van der Waals surface area contributed by atoms with Gasteiger partial charge in [0.25, 0.3) is 5.91 Å². The average molecular weight is 460 g/mol. The number of hydrogen-bond acceptors (Lipinski definition) is 7. The van der Waals surface area contributed by atoms with Crippen molar-refractivity contribution in [1.29, 1.82) is 0 Å². The third-order valence-corrected chi connectivity index (χ3v) is 5.64. The minimum absolute atomic E-state index is 0.154. The first-order valence-corrected chi connectivity index (χ1v) is 10.8. The summed E-state index contributed by atoms with van der Waals surface area (Å²) < 4.78 is 30.0. The molecule has 3 atom stereocenters. The molecule has 176 valence electrons. The third-order valence-electron chi connectivity index (χ3n) is 5.64. The third kappa shape index (κ3) is 5.36. The van der Waals surface area contributed by atoms with E-state index >= 15 is 0 Å². The molecule has 4 N–H and O–H groups in total. The van der Waals surface area contributed by atoms with Crippen LogP contribution in [0.15, 0.2) is 36.8 Å². The minimum atomic E-state index is -1.65. The van der Waals surface area contributed by atoms with Gasteiger partial charge in [-0.05, 0) is 39.2 Å². The van der Waals surface area contributed by atoms with Gasteiger partial charge in [0.05, 0.1) is 35.6 Å². The van der Waals surface area contributed by atoms with Crippen LogP contribution < -0.4 is 16.0 Å². The minimum Gasteiger partial charge on any atom is -0.387 e. The summed E-state index contributed by atoms with van der Waals surface area (Å²) in [6, 6.07) is 4.65. The number of carbonyl (C=O) groups excluding carboxylic acids is 1. The lowest BCUT2D eigenvalue weighted by Crippen LogP contribution is -2.42. The molecule has 11 heteroatoms. The molecule has 3 unspecified atom stereocenters. The first-order chi connectivity index (χ1) is 15.7. The van der Waals surface area contributed by atoms with Crippen molar-refractivity contribution in [2.75, 3.05) is 17.2 Å². The Bertz CT molecular complexity index is 1130. The molecule has 0 bridgehead atoms. The summed E-state index contributed by atoms with van der Waals surface area (Å²) >= 11 is 0. The van der Waals surface area contributed by atoms with Crippen molar-refractivity contribution in [3.8, 4) is 0 Å². The van der Waals surface area contributed by atoms with Crippen molar-refractivity contribution in [2.45, 2.75) is 57.1 Å². The Kier molecular flexibility index (Phi) is 6.41. The van der Waals surface area contributed by atoms with Gasteiger partial charge in [-0.1, -0.05) is 0 Å². The van der Waals surface area contributed by atoms with E-state index in [4.69, 9.17) is 0 Å². The number of nitrogens with zero attached hydrogens (tertiary/aromatic N) is 4. The van der Waals surface area contributed by atoms with Gasteiger partial charge in [-0.3, -0.25) is 4.79 Å². The van der Waals surface area contributed by atoms with E-state index in [9.17, 15) is 18.7 Å². The highest BCUT2D eigenvalue weighted by Gasteiger charge is 2.29. The van der Waals surface area contributed by atoms with E-state index in [-0.39, 0.29) is 12.1 Å². The number of fused-ring (bicyclic) bond motifs is 1. The molecule has 3 heterocycles. The van der Waals surface area contributed by atoms with Crippen molar-refractivity contribution in [3.05, 3.63) is 42.4 Å². The molecular weight excluding hydrogens is 432 g/mol. The fourth-order valence-electron chi connectivity index (χ4n) is 3.64. The fraction of sp³-hybridized carbons (Fsp3) is 0.455. The van der Waals surface area contributed by atoms with Gasteiger partial charge in [0.2, 0.25) is 0 Å². The summed E-state index contributed by atoms with van der Waals surface area (Å²) in [7, 11) is 0. The molecule has 3 aromatic rings. The molecule has 33 heavy (non-hydrogen) atoms. The molecule has 0 saturated heterocycles. The zero-order valence-corrected chi connectivity index (χ0v) is 18.4. The molecule has 1 saturated carbocycles. The number of aliphatic hydroxyl groups is 1. The highest BCUT2D eigenvalue weighted by atomic mass is 19.1. The summed E-state index contributed by atoms with van der Waals surface area (Å²) in [4.78, 5) is 21.5. The summed E-state index contributed by atoms with van der Waals surface area (Å²) in [5.41, 5.74) is -0.409. The largest absolute Gasteiger partial charge is 0.387 e. The van der Waals surface area contributed by atoms with Gasteiger partial charge in [0.15, 0.2) is 5.65 Å². The van der Waals surface area contributed by atoms with Crippen LogP contribution in [0.4, 0.5) is 26.1 Å². The normalized spacial score (nSPS) is 19.4. The summed E-state index contributed by atoms with van der Waals surface area (Å²) in [6.45, 7) is 2.29. The maximum Gasteiger partial charge on any atom is 0.255 e. The SMILES string of the molecule is CC(C)(O)C(F)CNC(=O)c1cnc(Nc2ccn3nccc3n2)cc1NC1CCCC1F. The molecule has 1 amide bonds. The smallest absolute Gasteiger partial charge is 0.255 e. The molecule has 0 aliphatic heterocycles. The van der Waals surface area contributed by atoms with Crippen LogP contribution in [0.2, 0.25) is 0 Å². The Morgan fingerprint density at radius 1 is 1.33 bits per heavy atom. The summed E-state index contributed by atoms with van der Waals surface area (Å²) in [5.74, 6) is 0.350. The molecule has 4 rings (SSSR count). The van der Waals surface area contributed by atoms with Crippen LogP contribution in [0.5, 0.6) is 0 Å². The Morgan fingerprint density at radius 2 is 2.15 bits per heavy atom. The zero-order chi connectivity index (χ0) is 23.6. The second-order valence-electron chi connectivity index (χ2n) is 8.72. The van der Waals surface area contributed by atoms with Crippen LogP contribution in [0, 0.1) is 0 Å². The van der Waals surface area contributed by atoms with E-state index < -0.39 is 29.9 Å². The second kappa shape index (κ2) is 9.26. The molecule has 1 aliphatic carbocycles. The van der Waals surface area contributed by atoms with Crippen LogP contribution in [-0.4, -0.2) is 61.1 Å². The van der Waals surface area contributed by atoms with Gasteiger partial charge in [-0.2, -0.15) is 5.10 Å².